The smallest absolute Gasteiger partial charge is 0.191 e. The Hall–Kier alpha value is -4.22. The average molecular weight is 735 g/mol. The minimum atomic E-state index is -6.18. The topological polar surface area (TPSA) is 4.44 Å². The van der Waals surface area contributed by atoms with Crippen molar-refractivity contribution in [2.75, 3.05) is 14.1 Å². The van der Waals surface area contributed by atoms with Gasteiger partial charge in [0, 0.05) is 24.3 Å². The molecule has 1 aliphatic rings. The highest BCUT2D eigenvalue weighted by Gasteiger charge is 2.49. The number of hydrogen-bond donors (Lipinski definition) is 1. The van der Waals surface area contributed by atoms with Gasteiger partial charge in [-0.1, -0.05) is 6.42 Å². The highest BCUT2D eigenvalue weighted by atomic mass is 19.2. The zero-order chi connectivity index (χ0) is 37.6. The molecule has 0 aliphatic heterocycles. The number of rotatable bonds is 5. The lowest BCUT2D eigenvalue weighted by atomic mass is 9.12. The summed E-state index contributed by atoms with van der Waals surface area (Å²) in [6.07, 6.45) is 1.15. The van der Waals surface area contributed by atoms with E-state index in [-0.39, 0.29) is 0 Å². The van der Waals surface area contributed by atoms with Crippen LogP contribution in [0.3, 0.4) is 0 Å². The molecular formula is C32H22BF16N. The number of benzene rings is 4. The first-order chi connectivity index (χ1) is 23.3. The molecule has 0 amide bonds. The number of quaternary nitrogens is 1. The normalized spacial score (nSPS) is 13.9. The van der Waals surface area contributed by atoms with E-state index >= 15 is 35.1 Å². The lowest BCUT2D eigenvalue weighted by molar-refractivity contribution is -0.887. The first-order valence-corrected chi connectivity index (χ1v) is 14.6. The summed E-state index contributed by atoms with van der Waals surface area (Å²) in [6.45, 7) is 0. The van der Waals surface area contributed by atoms with Gasteiger partial charge >= 0.3 is 0 Å². The van der Waals surface area contributed by atoms with Crippen LogP contribution in [0.1, 0.15) is 32.1 Å². The summed E-state index contributed by atoms with van der Waals surface area (Å²) < 4.78 is 235. The summed E-state index contributed by atoms with van der Waals surface area (Å²) in [6, 6.07) is -1.95. The average Bonchev–Trinajstić information content (AvgIpc) is 3.04. The molecule has 1 nitrogen and oxygen atoms in total. The molecule has 0 unspecified atom stereocenters. The third-order valence-corrected chi connectivity index (χ3v) is 8.75. The molecule has 18 heteroatoms. The summed E-state index contributed by atoms with van der Waals surface area (Å²) in [5, 5.41) is 0. The molecule has 5 rings (SSSR count). The summed E-state index contributed by atoms with van der Waals surface area (Å²) in [4.78, 5) is 1.65. The second-order valence-electron chi connectivity index (χ2n) is 11.8. The van der Waals surface area contributed by atoms with Crippen molar-refractivity contribution in [3.05, 3.63) is 117 Å². The molecule has 0 aromatic heterocycles. The van der Waals surface area contributed by atoms with Gasteiger partial charge in [-0.05, 0) is 25.7 Å². The van der Waals surface area contributed by atoms with Crippen LogP contribution in [0.5, 0.6) is 0 Å². The monoisotopic (exact) mass is 735 g/mol. The Morgan fingerprint density at radius 1 is 0.380 bits per heavy atom. The summed E-state index contributed by atoms with van der Waals surface area (Å²) >= 11 is 0. The van der Waals surface area contributed by atoms with Gasteiger partial charge in [0.1, 0.15) is 29.4 Å². The van der Waals surface area contributed by atoms with Crippen molar-refractivity contribution in [1.29, 1.82) is 0 Å². The SMILES string of the molecule is C[NH+](C)C1CCCCC1.Fc1cc(F)c([B-](c2c(F)cc(F)c(F)c2F)(c2c(F)cc(F)c(F)c2F)c2c(F)cc(F)c(F)c2F)c(F)c1F. The van der Waals surface area contributed by atoms with E-state index in [1.807, 2.05) is 0 Å². The lowest BCUT2D eigenvalue weighted by Gasteiger charge is -2.44. The molecule has 50 heavy (non-hydrogen) atoms. The summed E-state index contributed by atoms with van der Waals surface area (Å²) in [5.74, 6) is -45.1. The van der Waals surface area contributed by atoms with Crippen LogP contribution >= 0.6 is 0 Å². The van der Waals surface area contributed by atoms with Crippen molar-refractivity contribution in [2.45, 2.75) is 38.1 Å². The Morgan fingerprint density at radius 3 is 0.820 bits per heavy atom. The van der Waals surface area contributed by atoms with Crippen molar-refractivity contribution in [2.24, 2.45) is 0 Å². The maximum atomic E-state index is 15.3. The van der Waals surface area contributed by atoms with Crippen LogP contribution < -0.4 is 26.8 Å². The number of halogens is 16. The minimum absolute atomic E-state index is 0.731. The first kappa shape index (κ1) is 38.6. The zero-order valence-corrected chi connectivity index (χ0v) is 25.5. The predicted octanol–water partition coefficient (Wildman–Crippen LogP) is 5.75. The van der Waals surface area contributed by atoms with Gasteiger partial charge in [-0.2, -0.15) is 0 Å². The van der Waals surface area contributed by atoms with Crippen molar-refractivity contribution in [1.82, 2.24) is 0 Å². The molecule has 1 aliphatic carbocycles. The van der Waals surface area contributed by atoms with Crippen molar-refractivity contribution >= 4 is 28.0 Å². The van der Waals surface area contributed by atoms with Gasteiger partial charge in [0.15, 0.2) is 46.5 Å². The van der Waals surface area contributed by atoms with E-state index < -0.39 is 145 Å². The van der Waals surface area contributed by atoms with E-state index in [9.17, 15) is 35.1 Å². The van der Waals surface area contributed by atoms with Gasteiger partial charge in [-0.3, -0.25) is 0 Å². The highest BCUT2D eigenvalue weighted by molar-refractivity contribution is 7.20. The van der Waals surface area contributed by atoms with Crippen LogP contribution in [0.15, 0.2) is 24.3 Å². The maximum absolute atomic E-state index is 15.3. The van der Waals surface area contributed by atoms with Gasteiger partial charge in [0.25, 0.3) is 0 Å². The third kappa shape index (κ3) is 6.41. The van der Waals surface area contributed by atoms with Crippen LogP contribution in [0, 0.1) is 93.1 Å². The molecule has 1 N–H and O–H groups in total. The molecule has 1 fully saturated rings. The number of nitrogens with one attached hydrogen (secondary N) is 1. The van der Waals surface area contributed by atoms with E-state index in [0.717, 1.165) is 6.04 Å². The Kier molecular flexibility index (Phi) is 11.2. The minimum Gasteiger partial charge on any atom is -0.337 e. The van der Waals surface area contributed by atoms with Crippen molar-refractivity contribution in [3.63, 3.8) is 0 Å². The second-order valence-corrected chi connectivity index (χ2v) is 11.8. The fourth-order valence-corrected chi connectivity index (χ4v) is 6.45. The van der Waals surface area contributed by atoms with Gasteiger partial charge in [0.05, 0.1) is 43.4 Å². The van der Waals surface area contributed by atoms with Gasteiger partial charge in [-0.15, -0.1) is 21.9 Å². The van der Waals surface area contributed by atoms with Crippen molar-refractivity contribution in [3.8, 4) is 0 Å². The Morgan fingerprint density at radius 2 is 0.620 bits per heavy atom. The fraction of sp³-hybridized carbons (Fsp3) is 0.250. The molecule has 0 atom stereocenters. The standard InChI is InChI=1S/C24H4BF16.C8H17N/c26-5-1-9(30)17(34)21(38)13(5)25(14-6(27)2-10(31)18(35)22(14)39,15-7(28)3-11(32)19(36)23(15)40)16-8(29)4-12(33)20(37)24(16)41;1-9(2)8-6-4-3-5-7-8/h1-4H;8H,3-7H2,1-2H3/q-1;/p+1. The van der Waals surface area contributed by atoms with E-state index in [1.165, 1.54) is 32.1 Å². The summed E-state index contributed by atoms with van der Waals surface area (Å²) in [7, 11) is 4.55. The molecule has 1 saturated carbocycles. The van der Waals surface area contributed by atoms with Gasteiger partial charge < -0.3 is 4.90 Å². The molecule has 0 spiro atoms. The third-order valence-electron chi connectivity index (χ3n) is 8.75. The number of hydrogen-bond acceptors (Lipinski definition) is 0. The van der Waals surface area contributed by atoms with Crippen molar-refractivity contribution < 1.29 is 75.1 Å². The maximum Gasteiger partial charge on any atom is 0.191 e. The Labute approximate surface area is 273 Å². The Bertz CT molecular complexity index is 1700. The Balaban J connectivity index is 0.000000541. The van der Waals surface area contributed by atoms with Crippen LogP contribution in [0.4, 0.5) is 70.2 Å². The van der Waals surface area contributed by atoms with Crippen LogP contribution in [0.25, 0.3) is 0 Å². The largest absolute Gasteiger partial charge is 0.337 e. The molecule has 0 heterocycles. The molecular weight excluding hydrogens is 713 g/mol. The lowest BCUT2D eigenvalue weighted by Crippen LogP contribution is -3.10. The van der Waals surface area contributed by atoms with E-state index in [4.69, 9.17) is 0 Å². The van der Waals surface area contributed by atoms with Gasteiger partial charge in [0.2, 0.25) is 0 Å². The molecule has 4 aromatic rings. The quantitative estimate of drug-likeness (QED) is 0.115. The van der Waals surface area contributed by atoms with Crippen LogP contribution in [-0.2, 0) is 0 Å². The van der Waals surface area contributed by atoms with E-state index in [1.54, 1.807) is 4.90 Å². The first-order valence-electron chi connectivity index (χ1n) is 14.6. The molecule has 0 radical (unpaired) electrons. The second kappa shape index (κ2) is 14.6. The molecule has 4 aromatic carbocycles. The van der Waals surface area contributed by atoms with E-state index in [2.05, 4.69) is 14.1 Å². The fourth-order valence-electron chi connectivity index (χ4n) is 6.45. The van der Waals surface area contributed by atoms with Crippen LogP contribution in [0.2, 0.25) is 0 Å². The molecule has 0 saturated heterocycles. The molecule has 0 bridgehead atoms. The highest BCUT2D eigenvalue weighted by Crippen LogP contribution is 2.27. The van der Waals surface area contributed by atoms with Gasteiger partial charge in [-0.25, -0.2) is 70.2 Å². The molecule has 270 valence electrons. The zero-order valence-electron chi connectivity index (χ0n) is 25.5. The predicted molar refractivity (Wildman–Crippen MR) is 149 cm³/mol. The van der Waals surface area contributed by atoms with Crippen LogP contribution in [-0.4, -0.2) is 26.3 Å². The summed E-state index contributed by atoms with van der Waals surface area (Å²) in [5.41, 5.74) is -10.9. The van der Waals surface area contributed by atoms with E-state index in [0.29, 0.717) is 0 Å².